The van der Waals surface area contributed by atoms with Crippen molar-refractivity contribution in [3.63, 3.8) is 0 Å². The highest BCUT2D eigenvalue weighted by atomic mass is 16.2. The van der Waals surface area contributed by atoms with Gasteiger partial charge in [-0.25, -0.2) is 0 Å². The van der Waals surface area contributed by atoms with E-state index in [0.717, 1.165) is 0 Å². The molecular weight excluding hydrogens is 108 g/mol. The van der Waals surface area contributed by atoms with E-state index < -0.39 is 0 Å². The molecule has 0 fully saturated rings. The Kier molecular flexibility index (Phi) is 5.75. The first-order chi connectivity index (χ1) is 3.18. The van der Waals surface area contributed by atoms with E-state index in [4.69, 9.17) is 0 Å². The van der Waals surface area contributed by atoms with Crippen LogP contribution >= 0.6 is 0 Å². The highest BCUT2D eigenvalue weighted by Gasteiger charge is 2.00. The van der Waals surface area contributed by atoms with Gasteiger partial charge in [0.1, 0.15) is 0 Å². The third-order valence-corrected chi connectivity index (χ3v) is 0.714. The predicted octanol–water partition coefficient (Wildman–Crippen LogP) is -0.270. The monoisotopic (exact) mass is 118 g/mol. The van der Waals surface area contributed by atoms with Crippen molar-refractivity contribution in [2.45, 2.75) is 20.3 Å². The van der Waals surface area contributed by atoms with Gasteiger partial charge in [0.25, 0.3) is 0 Å². The first-order valence-corrected chi connectivity index (χ1v) is 2.22. The van der Waals surface area contributed by atoms with Crippen molar-refractivity contribution in [1.82, 2.24) is 0 Å². The van der Waals surface area contributed by atoms with Gasteiger partial charge >= 0.3 is 0 Å². The lowest BCUT2D eigenvalue weighted by molar-refractivity contribution is -0.135. The van der Waals surface area contributed by atoms with Crippen LogP contribution in [0.4, 0.5) is 0 Å². The maximum Gasteiger partial charge on any atom is 0.197 e. The molecule has 0 atom stereocenters. The molecule has 0 radical (unpaired) electrons. The second kappa shape index (κ2) is 4.46. The van der Waals surface area contributed by atoms with Crippen molar-refractivity contribution in [2.24, 2.45) is 0 Å². The van der Waals surface area contributed by atoms with Crippen molar-refractivity contribution in [3.8, 4) is 0 Å². The molecule has 0 saturated carbocycles. The topological polar surface area (TPSA) is 65.6 Å². The summed E-state index contributed by atoms with van der Waals surface area (Å²) >= 11 is 0. The molecule has 0 aromatic heterocycles. The fourth-order valence-electron chi connectivity index (χ4n) is 0.249. The van der Waals surface area contributed by atoms with E-state index in [-0.39, 0.29) is 17.0 Å². The second-order valence-electron chi connectivity index (χ2n) is 1.33. The van der Waals surface area contributed by atoms with Crippen LogP contribution in [0.15, 0.2) is 0 Å². The molecule has 0 bridgehead atoms. The summed E-state index contributed by atoms with van der Waals surface area (Å²) in [5.41, 5.74) is 0. The minimum Gasteiger partial charge on any atom is -0.412 e. The van der Waals surface area contributed by atoms with E-state index in [2.05, 4.69) is 0 Å². The Morgan fingerprint density at radius 3 is 1.75 bits per heavy atom. The molecule has 0 spiro atoms. The molecule has 0 aliphatic heterocycles. The smallest absolute Gasteiger partial charge is 0.197 e. The highest BCUT2D eigenvalue weighted by Crippen LogP contribution is 1.79. The normalized spacial score (nSPS) is 7.25. The lowest BCUT2D eigenvalue weighted by Gasteiger charge is -1.81. The molecule has 0 heterocycles. The van der Waals surface area contributed by atoms with E-state index in [1.807, 2.05) is 0 Å². The zero-order valence-corrected chi connectivity index (χ0v) is 5.02. The number of rotatable bonds is 2. The average Bonchev–Trinajstić information content (AvgIpc) is 1.65. The number of ketones is 2. The van der Waals surface area contributed by atoms with Crippen LogP contribution in [0.5, 0.6) is 0 Å². The predicted molar refractivity (Wildman–Crippen MR) is 29.6 cm³/mol. The van der Waals surface area contributed by atoms with Gasteiger partial charge in [0.2, 0.25) is 0 Å². The first-order valence-electron chi connectivity index (χ1n) is 2.22. The summed E-state index contributed by atoms with van der Waals surface area (Å²) < 4.78 is 0. The maximum atomic E-state index is 10.2. The molecule has 0 aliphatic rings. The maximum absolute atomic E-state index is 10.2. The van der Waals surface area contributed by atoms with Gasteiger partial charge in [-0.05, 0) is 0 Å². The van der Waals surface area contributed by atoms with Crippen LogP contribution < -0.4 is 0 Å². The Morgan fingerprint density at radius 2 is 1.75 bits per heavy atom. The zero-order valence-electron chi connectivity index (χ0n) is 5.02. The van der Waals surface area contributed by atoms with Crippen molar-refractivity contribution < 1.29 is 15.1 Å². The molecule has 48 valence electrons. The quantitative estimate of drug-likeness (QED) is 0.468. The Balaban J connectivity index is 0. The molecule has 0 aromatic rings. The van der Waals surface area contributed by atoms with Gasteiger partial charge in [0.15, 0.2) is 11.6 Å². The minimum atomic E-state index is -0.345. The summed E-state index contributed by atoms with van der Waals surface area (Å²) in [4.78, 5) is 20.2. The molecular formula is C5H10O3. The fourth-order valence-corrected chi connectivity index (χ4v) is 0.249. The molecule has 3 nitrogen and oxygen atoms in total. The summed E-state index contributed by atoms with van der Waals surface area (Å²) in [5, 5.41) is 0. The van der Waals surface area contributed by atoms with Gasteiger partial charge in [-0.1, -0.05) is 6.92 Å². The molecule has 8 heavy (non-hydrogen) atoms. The zero-order chi connectivity index (χ0) is 5.86. The molecule has 0 rings (SSSR count). The van der Waals surface area contributed by atoms with Crippen LogP contribution in [0.25, 0.3) is 0 Å². The van der Waals surface area contributed by atoms with Gasteiger partial charge in [-0.15, -0.1) is 0 Å². The van der Waals surface area contributed by atoms with E-state index in [1.54, 1.807) is 6.92 Å². The van der Waals surface area contributed by atoms with E-state index >= 15 is 0 Å². The number of Topliss-reactive ketones (excluding diaryl/α,β-unsaturated/α-hetero) is 2. The average molecular weight is 118 g/mol. The Bertz CT molecular complexity index is 95.8. The van der Waals surface area contributed by atoms with Crippen LogP contribution in [-0.4, -0.2) is 17.0 Å². The van der Waals surface area contributed by atoms with Crippen LogP contribution in [0.2, 0.25) is 0 Å². The Hall–Kier alpha value is -0.700. The summed E-state index contributed by atoms with van der Waals surface area (Å²) in [6, 6.07) is 0. The molecule has 3 heteroatoms. The molecule has 0 unspecified atom stereocenters. The molecule has 2 N–H and O–H groups in total. The summed E-state index contributed by atoms with van der Waals surface area (Å²) in [7, 11) is 0. The third-order valence-electron chi connectivity index (χ3n) is 0.714. The SMILES string of the molecule is CCC(=O)C(C)=O.O. The number of hydrogen-bond acceptors (Lipinski definition) is 2. The molecule has 0 amide bonds. The second-order valence-corrected chi connectivity index (χ2v) is 1.33. The highest BCUT2D eigenvalue weighted by molar-refractivity contribution is 6.36. The molecule has 0 aromatic carbocycles. The van der Waals surface area contributed by atoms with Crippen molar-refractivity contribution >= 4 is 11.6 Å². The standard InChI is InChI=1S/C5H8O2.H2O/c1-3-5(7)4(2)6;/h3H2,1-2H3;1H2. The van der Waals surface area contributed by atoms with Crippen molar-refractivity contribution in [1.29, 1.82) is 0 Å². The Morgan fingerprint density at radius 1 is 1.38 bits per heavy atom. The third kappa shape index (κ3) is 3.49. The largest absolute Gasteiger partial charge is 0.412 e. The summed E-state index contributed by atoms with van der Waals surface area (Å²) in [6.45, 7) is 2.95. The fraction of sp³-hybridized carbons (Fsp3) is 0.600. The lowest BCUT2D eigenvalue weighted by atomic mass is 10.2. The lowest BCUT2D eigenvalue weighted by Crippen LogP contribution is -2.06. The molecule has 0 saturated heterocycles. The Labute approximate surface area is 48.0 Å². The van der Waals surface area contributed by atoms with E-state index in [0.29, 0.717) is 6.42 Å². The number of carbonyl (C=O) groups is 2. The van der Waals surface area contributed by atoms with Gasteiger partial charge in [-0.3, -0.25) is 9.59 Å². The van der Waals surface area contributed by atoms with Gasteiger partial charge in [-0.2, -0.15) is 0 Å². The number of hydrogen-bond donors (Lipinski definition) is 0. The van der Waals surface area contributed by atoms with Crippen LogP contribution in [-0.2, 0) is 9.59 Å². The van der Waals surface area contributed by atoms with Gasteiger partial charge in [0, 0.05) is 13.3 Å². The van der Waals surface area contributed by atoms with Crippen molar-refractivity contribution in [3.05, 3.63) is 0 Å². The number of carbonyl (C=O) groups excluding carboxylic acids is 2. The minimum absolute atomic E-state index is 0. The molecule has 0 aliphatic carbocycles. The van der Waals surface area contributed by atoms with E-state index in [9.17, 15) is 9.59 Å². The van der Waals surface area contributed by atoms with Crippen LogP contribution in [0, 0.1) is 0 Å². The van der Waals surface area contributed by atoms with Crippen molar-refractivity contribution in [2.75, 3.05) is 0 Å². The summed E-state index contributed by atoms with van der Waals surface area (Å²) in [6.07, 6.45) is 0.329. The first kappa shape index (κ1) is 10.3. The van der Waals surface area contributed by atoms with Crippen LogP contribution in [0.1, 0.15) is 20.3 Å². The van der Waals surface area contributed by atoms with E-state index in [1.165, 1.54) is 6.92 Å². The summed E-state index contributed by atoms with van der Waals surface area (Å²) in [5.74, 6) is -0.637. The van der Waals surface area contributed by atoms with Gasteiger partial charge < -0.3 is 5.48 Å². The van der Waals surface area contributed by atoms with Gasteiger partial charge in [0.05, 0.1) is 0 Å². The van der Waals surface area contributed by atoms with Crippen LogP contribution in [0.3, 0.4) is 0 Å².